The van der Waals surface area contributed by atoms with Gasteiger partial charge in [0.25, 0.3) is 0 Å². The molecule has 0 atom stereocenters. The first-order chi connectivity index (χ1) is 9.41. The van der Waals surface area contributed by atoms with E-state index in [1.165, 1.54) is 17.0 Å². The summed E-state index contributed by atoms with van der Waals surface area (Å²) < 4.78 is 26.6. The third-order valence-corrected chi connectivity index (χ3v) is 3.86. The highest BCUT2D eigenvalue weighted by molar-refractivity contribution is 5.78. The quantitative estimate of drug-likeness (QED) is 0.921. The molecule has 0 aromatic heterocycles. The van der Waals surface area contributed by atoms with E-state index >= 15 is 0 Å². The molecule has 1 N–H and O–H groups in total. The van der Waals surface area contributed by atoms with Crippen LogP contribution < -0.4 is 0 Å². The lowest BCUT2D eigenvalue weighted by atomic mass is 10.0. The zero-order valence-electron chi connectivity index (χ0n) is 11.5. The van der Waals surface area contributed by atoms with E-state index in [0.717, 1.165) is 18.9 Å². The highest BCUT2D eigenvalue weighted by Crippen LogP contribution is 2.30. The second-order valence-electron chi connectivity index (χ2n) is 5.57. The number of rotatable bonds is 4. The zero-order valence-corrected chi connectivity index (χ0v) is 11.5. The van der Waals surface area contributed by atoms with E-state index in [-0.39, 0.29) is 24.4 Å². The van der Waals surface area contributed by atoms with E-state index in [1.807, 2.05) is 0 Å². The molecule has 0 spiro atoms. The van der Waals surface area contributed by atoms with Crippen molar-refractivity contribution in [3.63, 3.8) is 0 Å². The fourth-order valence-corrected chi connectivity index (χ4v) is 2.70. The van der Waals surface area contributed by atoms with E-state index in [1.54, 1.807) is 7.05 Å². The van der Waals surface area contributed by atoms with Gasteiger partial charge in [-0.1, -0.05) is 25.0 Å². The molecule has 5 heteroatoms. The summed E-state index contributed by atoms with van der Waals surface area (Å²) >= 11 is 0. The molecule has 1 amide bonds. The predicted molar refractivity (Wildman–Crippen MR) is 71.1 cm³/mol. The SMILES string of the molecule is CN(CC1(O)CCCC1)C(=O)Cc1cccc(F)c1F. The van der Waals surface area contributed by atoms with Gasteiger partial charge < -0.3 is 10.0 Å². The summed E-state index contributed by atoms with van der Waals surface area (Å²) in [7, 11) is 1.58. The molecule has 1 fully saturated rings. The number of hydrogen-bond acceptors (Lipinski definition) is 2. The first-order valence-corrected chi connectivity index (χ1v) is 6.80. The summed E-state index contributed by atoms with van der Waals surface area (Å²) in [5.74, 6) is -2.25. The number of likely N-dealkylation sites (N-methyl/N-ethyl adjacent to an activating group) is 1. The smallest absolute Gasteiger partial charge is 0.226 e. The molecule has 0 aliphatic heterocycles. The number of carbonyl (C=O) groups excluding carboxylic acids is 1. The van der Waals surface area contributed by atoms with Gasteiger partial charge in [0.2, 0.25) is 5.91 Å². The van der Waals surface area contributed by atoms with Gasteiger partial charge in [-0.05, 0) is 18.9 Å². The van der Waals surface area contributed by atoms with E-state index < -0.39 is 17.2 Å². The Morgan fingerprint density at radius 2 is 2.00 bits per heavy atom. The van der Waals surface area contributed by atoms with Crippen molar-refractivity contribution in [3.05, 3.63) is 35.4 Å². The van der Waals surface area contributed by atoms with Crippen molar-refractivity contribution < 1.29 is 18.7 Å². The van der Waals surface area contributed by atoms with Crippen molar-refractivity contribution in [3.8, 4) is 0 Å². The zero-order chi connectivity index (χ0) is 14.8. The number of halogens is 2. The van der Waals surface area contributed by atoms with Crippen molar-refractivity contribution >= 4 is 5.91 Å². The van der Waals surface area contributed by atoms with E-state index in [4.69, 9.17) is 0 Å². The van der Waals surface area contributed by atoms with Crippen LogP contribution in [0.4, 0.5) is 8.78 Å². The van der Waals surface area contributed by atoms with Crippen LogP contribution in [0.3, 0.4) is 0 Å². The minimum atomic E-state index is -0.978. The van der Waals surface area contributed by atoms with Crippen LogP contribution in [0.25, 0.3) is 0 Å². The van der Waals surface area contributed by atoms with Crippen LogP contribution in [-0.2, 0) is 11.2 Å². The van der Waals surface area contributed by atoms with Gasteiger partial charge in [0, 0.05) is 19.2 Å². The molecule has 1 aliphatic carbocycles. The van der Waals surface area contributed by atoms with Crippen molar-refractivity contribution in [1.29, 1.82) is 0 Å². The van der Waals surface area contributed by atoms with Gasteiger partial charge in [0.1, 0.15) is 0 Å². The van der Waals surface area contributed by atoms with E-state index in [9.17, 15) is 18.7 Å². The first kappa shape index (κ1) is 14.9. The van der Waals surface area contributed by atoms with Crippen molar-refractivity contribution in [2.24, 2.45) is 0 Å². The Labute approximate surface area is 117 Å². The molecule has 2 rings (SSSR count). The summed E-state index contributed by atoms with van der Waals surface area (Å²) in [5, 5.41) is 10.2. The van der Waals surface area contributed by atoms with Crippen LogP contribution in [0, 0.1) is 11.6 Å². The van der Waals surface area contributed by atoms with E-state index in [2.05, 4.69) is 0 Å². The summed E-state index contributed by atoms with van der Waals surface area (Å²) in [4.78, 5) is 13.4. The molecule has 20 heavy (non-hydrogen) atoms. The largest absolute Gasteiger partial charge is 0.388 e. The maximum absolute atomic E-state index is 13.5. The van der Waals surface area contributed by atoms with Crippen molar-refractivity contribution in [1.82, 2.24) is 4.90 Å². The summed E-state index contributed by atoms with van der Waals surface area (Å²) in [5.41, 5.74) is -0.787. The highest BCUT2D eigenvalue weighted by atomic mass is 19.2. The Bertz CT molecular complexity index is 499. The summed E-state index contributed by atoms with van der Waals surface area (Å²) in [6.45, 7) is 0.239. The molecule has 0 bridgehead atoms. The maximum atomic E-state index is 13.5. The topological polar surface area (TPSA) is 40.5 Å². The number of benzene rings is 1. The number of amides is 1. The molecule has 1 aliphatic rings. The number of aliphatic hydroxyl groups is 1. The van der Waals surface area contributed by atoms with Crippen molar-refractivity contribution in [2.45, 2.75) is 37.7 Å². The van der Waals surface area contributed by atoms with Gasteiger partial charge in [-0.25, -0.2) is 8.78 Å². The third kappa shape index (κ3) is 3.33. The molecule has 0 radical (unpaired) electrons. The molecule has 0 heterocycles. The fraction of sp³-hybridized carbons (Fsp3) is 0.533. The number of nitrogens with zero attached hydrogens (tertiary/aromatic N) is 1. The molecular formula is C15H19F2NO2. The summed E-state index contributed by atoms with van der Waals surface area (Å²) in [6.07, 6.45) is 3.07. The minimum Gasteiger partial charge on any atom is -0.388 e. The Hall–Kier alpha value is -1.49. The Kier molecular flexibility index (Phi) is 4.38. The monoisotopic (exact) mass is 283 g/mol. The van der Waals surface area contributed by atoms with Crippen LogP contribution in [0.1, 0.15) is 31.2 Å². The van der Waals surface area contributed by atoms with Gasteiger partial charge in [0.05, 0.1) is 12.0 Å². The standard InChI is InChI=1S/C15H19F2NO2/c1-18(10-15(20)7-2-3-8-15)13(19)9-11-5-4-6-12(16)14(11)17/h4-6,20H,2-3,7-10H2,1H3. The summed E-state index contributed by atoms with van der Waals surface area (Å²) in [6, 6.07) is 3.80. The average Bonchev–Trinajstić information content (AvgIpc) is 2.81. The van der Waals surface area contributed by atoms with Gasteiger partial charge in [-0.15, -0.1) is 0 Å². The molecule has 110 valence electrons. The average molecular weight is 283 g/mol. The highest BCUT2D eigenvalue weighted by Gasteiger charge is 2.33. The van der Waals surface area contributed by atoms with Gasteiger partial charge in [-0.2, -0.15) is 0 Å². The van der Waals surface area contributed by atoms with Gasteiger partial charge in [-0.3, -0.25) is 4.79 Å². The predicted octanol–water partition coefficient (Wildman–Crippen LogP) is 2.27. The lowest BCUT2D eigenvalue weighted by molar-refractivity contribution is -0.132. The van der Waals surface area contributed by atoms with Crippen LogP contribution in [0.15, 0.2) is 18.2 Å². The lowest BCUT2D eigenvalue weighted by Gasteiger charge is -2.28. The fourth-order valence-electron chi connectivity index (χ4n) is 2.70. The number of carbonyl (C=O) groups is 1. The van der Waals surface area contributed by atoms with Crippen LogP contribution in [0.5, 0.6) is 0 Å². The van der Waals surface area contributed by atoms with E-state index in [0.29, 0.717) is 12.8 Å². The molecular weight excluding hydrogens is 264 g/mol. The van der Waals surface area contributed by atoms with Crippen molar-refractivity contribution in [2.75, 3.05) is 13.6 Å². The van der Waals surface area contributed by atoms with Gasteiger partial charge >= 0.3 is 0 Å². The second kappa shape index (κ2) is 5.87. The molecule has 0 saturated heterocycles. The Morgan fingerprint density at radius 3 is 2.65 bits per heavy atom. The molecule has 0 unspecified atom stereocenters. The molecule has 3 nitrogen and oxygen atoms in total. The first-order valence-electron chi connectivity index (χ1n) is 6.80. The number of hydrogen-bond donors (Lipinski definition) is 1. The van der Waals surface area contributed by atoms with Gasteiger partial charge in [0.15, 0.2) is 11.6 Å². The third-order valence-electron chi connectivity index (χ3n) is 3.86. The Morgan fingerprint density at radius 1 is 1.35 bits per heavy atom. The molecule has 1 aromatic rings. The lowest BCUT2D eigenvalue weighted by Crippen LogP contribution is -2.42. The van der Waals surface area contributed by atoms with Crippen LogP contribution in [-0.4, -0.2) is 35.1 Å². The van der Waals surface area contributed by atoms with Crippen LogP contribution >= 0.6 is 0 Å². The van der Waals surface area contributed by atoms with Crippen LogP contribution in [0.2, 0.25) is 0 Å². The second-order valence-corrected chi connectivity index (χ2v) is 5.57. The normalized spacial score (nSPS) is 17.2. The maximum Gasteiger partial charge on any atom is 0.226 e. The molecule has 1 aromatic carbocycles. The Balaban J connectivity index is 1.99. The minimum absolute atomic E-state index is 0.0419. The molecule has 1 saturated carbocycles.